The monoisotopic (exact) mass is 279 g/mol. The zero-order chi connectivity index (χ0) is 7.61. The van der Waals surface area contributed by atoms with Gasteiger partial charge in [-0.1, -0.05) is 6.20 Å². The molecule has 1 heterocycles. The Balaban J connectivity index is 0.000001000. The molecule has 0 aliphatic carbocycles. The number of hydrogen-bond donors (Lipinski definition) is 0. The average molecular weight is 279 g/mol. The van der Waals surface area contributed by atoms with Crippen molar-refractivity contribution >= 4 is 0 Å². The molecule has 0 atom stereocenters. The SMILES string of the molecule is FC(F)(F)c1cc[c-]cn1.[Cs+]. The first-order valence-electron chi connectivity index (χ1n) is 2.50. The summed E-state index contributed by atoms with van der Waals surface area (Å²) in [6.07, 6.45) is -3.35. The molecule has 0 aliphatic rings. The van der Waals surface area contributed by atoms with Crippen LogP contribution in [0.1, 0.15) is 5.69 Å². The van der Waals surface area contributed by atoms with E-state index in [1.807, 2.05) is 0 Å². The molecule has 0 spiro atoms. The van der Waals surface area contributed by atoms with Crippen molar-refractivity contribution in [2.24, 2.45) is 0 Å². The number of aromatic nitrogens is 1. The van der Waals surface area contributed by atoms with Gasteiger partial charge in [0.15, 0.2) is 0 Å². The van der Waals surface area contributed by atoms with Gasteiger partial charge in [-0.15, -0.1) is 0 Å². The van der Waals surface area contributed by atoms with E-state index < -0.39 is 11.9 Å². The second-order valence-corrected chi connectivity index (χ2v) is 1.64. The predicted molar refractivity (Wildman–Crippen MR) is 28.1 cm³/mol. The van der Waals surface area contributed by atoms with Gasteiger partial charge in [-0.2, -0.15) is 19.2 Å². The third-order valence-corrected chi connectivity index (χ3v) is 0.906. The Bertz CT molecular complexity index is 209. The van der Waals surface area contributed by atoms with Crippen LogP contribution in [0.5, 0.6) is 0 Å². The second-order valence-electron chi connectivity index (χ2n) is 1.64. The van der Waals surface area contributed by atoms with E-state index in [4.69, 9.17) is 0 Å². The zero-order valence-electron chi connectivity index (χ0n) is 5.81. The Morgan fingerprint density at radius 2 is 2.00 bits per heavy atom. The summed E-state index contributed by atoms with van der Waals surface area (Å²) in [6, 6.07) is 4.45. The Hall–Kier alpha value is 0.992. The third kappa shape index (κ3) is 3.95. The van der Waals surface area contributed by atoms with Crippen molar-refractivity contribution in [2.75, 3.05) is 0 Å². The fraction of sp³-hybridized carbons (Fsp3) is 0.167. The summed E-state index contributed by atoms with van der Waals surface area (Å²) >= 11 is 0. The van der Waals surface area contributed by atoms with Gasteiger partial charge in [0.2, 0.25) is 0 Å². The molecule has 5 heteroatoms. The maximum atomic E-state index is 11.7. The smallest absolute Gasteiger partial charge is 0.291 e. The molecule has 0 saturated carbocycles. The number of rotatable bonds is 0. The van der Waals surface area contributed by atoms with Gasteiger partial charge in [0, 0.05) is 0 Å². The molecular formula is C6H3CsF3N. The van der Waals surface area contributed by atoms with E-state index in [2.05, 4.69) is 11.1 Å². The molecule has 0 aromatic carbocycles. The average Bonchev–Trinajstić information content (AvgIpc) is 1.88. The molecule has 0 amide bonds. The van der Waals surface area contributed by atoms with Crippen LogP contribution in [-0.2, 0) is 6.18 Å². The summed E-state index contributed by atoms with van der Waals surface area (Å²) in [6.45, 7) is 0. The molecule has 1 nitrogen and oxygen atoms in total. The van der Waals surface area contributed by atoms with Crippen molar-refractivity contribution < 1.29 is 82.1 Å². The molecule has 1 aromatic rings. The maximum absolute atomic E-state index is 11.7. The first-order chi connectivity index (χ1) is 4.61. The minimum absolute atomic E-state index is 0. The molecule has 0 radical (unpaired) electrons. The van der Waals surface area contributed by atoms with E-state index in [9.17, 15) is 13.2 Å². The number of nitrogens with zero attached hydrogens (tertiary/aromatic N) is 1. The summed E-state index contributed by atoms with van der Waals surface area (Å²) in [7, 11) is 0. The van der Waals surface area contributed by atoms with Crippen molar-refractivity contribution in [1.29, 1.82) is 0 Å². The van der Waals surface area contributed by atoms with Crippen LogP contribution in [0.3, 0.4) is 0 Å². The van der Waals surface area contributed by atoms with Crippen LogP contribution in [0.4, 0.5) is 13.2 Å². The molecule has 0 N–H and O–H groups in total. The summed E-state index contributed by atoms with van der Waals surface area (Å²) in [5, 5.41) is 0. The number of halogens is 3. The topological polar surface area (TPSA) is 12.9 Å². The normalized spacial score (nSPS) is 10.5. The van der Waals surface area contributed by atoms with Crippen LogP contribution in [0.2, 0.25) is 0 Å². The first kappa shape index (κ1) is 12.0. The molecule has 1 aromatic heterocycles. The van der Waals surface area contributed by atoms with Crippen molar-refractivity contribution in [1.82, 2.24) is 4.98 Å². The van der Waals surface area contributed by atoms with Gasteiger partial charge in [-0.05, 0) is 0 Å². The van der Waals surface area contributed by atoms with Gasteiger partial charge < -0.3 is 0 Å². The molecule has 54 valence electrons. The van der Waals surface area contributed by atoms with E-state index in [1.165, 1.54) is 6.07 Å². The molecular weight excluding hydrogens is 276 g/mol. The van der Waals surface area contributed by atoms with E-state index in [0.717, 1.165) is 12.3 Å². The molecule has 1 rings (SSSR count). The summed E-state index contributed by atoms with van der Waals surface area (Å²) < 4.78 is 35.1. The minimum atomic E-state index is -4.34. The zero-order valence-corrected chi connectivity index (χ0v) is 12.1. The molecule has 0 unspecified atom stereocenters. The van der Waals surface area contributed by atoms with Gasteiger partial charge in [-0.3, -0.25) is 4.98 Å². The minimum Gasteiger partial charge on any atom is -0.291 e. The largest absolute Gasteiger partial charge is 1.00 e. The van der Waals surface area contributed by atoms with Crippen molar-refractivity contribution in [3.05, 3.63) is 30.1 Å². The van der Waals surface area contributed by atoms with Crippen LogP contribution in [0.25, 0.3) is 0 Å². The molecule has 0 saturated heterocycles. The quantitative estimate of drug-likeness (QED) is 0.550. The van der Waals surface area contributed by atoms with Crippen LogP contribution in [0.15, 0.2) is 18.3 Å². The van der Waals surface area contributed by atoms with E-state index in [-0.39, 0.29) is 68.9 Å². The maximum Gasteiger partial charge on any atom is 1.00 e. The molecule has 0 fully saturated rings. The van der Waals surface area contributed by atoms with Crippen LogP contribution < -0.4 is 68.9 Å². The van der Waals surface area contributed by atoms with Crippen molar-refractivity contribution in [2.45, 2.75) is 6.18 Å². The van der Waals surface area contributed by atoms with Crippen LogP contribution >= 0.6 is 0 Å². The van der Waals surface area contributed by atoms with Crippen molar-refractivity contribution in [3.8, 4) is 0 Å². The standard InChI is InChI=1S/C6H3F3N.Cs/c7-6(8,9)5-3-1-2-4-10-5;/h1,3-4H;/q-1;+1. The van der Waals surface area contributed by atoms with Gasteiger partial charge in [0.1, 0.15) is 0 Å². The van der Waals surface area contributed by atoms with Gasteiger partial charge >= 0.3 is 75.1 Å². The Morgan fingerprint density at radius 1 is 1.36 bits per heavy atom. The number of pyridine rings is 1. The van der Waals surface area contributed by atoms with Crippen LogP contribution in [0, 0.1) is 6.07 Å². The first-order valence-corrected chi connectivity index (χ1v) is 2.50. The van der Waals surface area contributed by atoms with Crippen molar-refractivity contribution in [3.63, 3.8) is 0 Å². The fourth-order valence-electron chi connectivity index (χ4n) is 0.488. The van der Waals surface area contributed by atoms with E-state index in [0.29, 0.717) is 0 Å². The molecule has 0 aliphatic heterocycles. The fourth-order valence-corrected chi connectivity index (χ4v) is 0.488. The van der Waals surface area contributed by atoms with Gasteiger partial charge in [-0.25, -0.2) is 12.1 Å². The molecule has 0 bridgehead atoms. The Labute approximate surface area is 121 Å². The van der Waals surface area contributed by atoms with Crippen LogP contribution in [-0.4, -0.2) is 4.98 Å². The predicted octanol–water partition coefficient (Wildman–Crippen LogP) is -1.10. The Morgan fingerprint density at radius 3 is 2.27 bits per heavy atom. The third-order valence-electron chi connectivity index (χ3n) is 0.906. The summed E-state index contributed by atoms with van der Waals surface area (Å²) in [4.78, 5) is 3.07. The van der Waals surface area contributed by atoms with E-state index in [1.54, 1.807) is 0 Å². The number of alkyl halides is 3. The number of hydrogen-bond acceptors (Lipinski definition) is 1. The summed E-state index contributed by atoms with van der Waals surface area (Å²) in [5.74, 6) is 0. The van der Waals surface area contributed by atoms with Gasteiger partial charge in [0.05, 0.1) is 5.69 Å². The summed E-state index contributed by atoms with van der Waals surface area (Å²) in [5.41, 5.74) is -0.883. The van der Waals surface area contributed by atoms with Gasteiger partial charge in [0.25, 0.3) is 0 Å². The molecule has 11 heavy (non-hydrogen) atoms. The Kier molecular flexibility index (Phi) is 5.32. The second kappa shape index (κ2) is 4.88. The van der Waals surface area contributed by atoms with E-state index >= 15 is 0 Å².